The molecule has 0 aliphatic heterocycles. The number of rotatable bonds is 7. The molecule has 1 aliphatic rings. The highest BCUT2D eigenvalue weighted by atomic mass is 32.2. The van der Waals surface area contributed by atoms with E-state index in [9.17, 15) is 13.2 Å². The predicted molar refractivity (Wildman–Crippen MR) is 99.7 cm³/mol. The summed E-state index contributed by atoms with van der Waals surface area (Å²) in [5, 5.41) is 16.2. The van der Waals surface area contributed by atoms with Crippen LogP contribution in [-0.2, 0) is 14.8 Å². The van der Waals surface area contributed by atoms with Crippen molar-refractivity contribution in [3.63, 3.8) is 0 Å². The van der Waals surface area contributed by atoms with E-state index in [0.29, 0.717) is 17.6 Å². The highest BCUT2D eigenvalue weighted by Gasteiger charge is 2.28. The molecular weight excluding hydrogens is 388 g/mol. The number of nitrogens with one attached hydrogen (secondary N) is 2. The Bertz CT molecular complexity index is 1060. The summed E-state index contributed by atoms with van der Waals surface area (Å²) in [7, 11) is -3.68. The number of nitrogens with zero attached hydrogens (tertiary/aromatic N) is 4. The summed E-state index contributed by atoms with van der Waals surface area (Å²) in [5.41, 5.74) is 1.32. The summed E-state index contributed by atoms with van der Waals surface area (Å²) in [4.78, 5) is 12.1. The van der Waals surface area contributed by atoms with E-state index in [4.69, 9.17) is 0 Å². The molecular formula is C16H16N6O3S2. The number of carbonyl (C=O) groups is 1. The average Bonchev–Trinajstić information content (AvgIpc) is 3.13. The zero-order chi connectivity index (χ0) is 18.9. The summed E-state index contributed by atoms with van der Waals surface area (Å²) < 4.78 is 28.4. The first kappa shape index (κ1) is 17.8. The molecule has 11 heteroatoms. The molecule has 0 bridgehead atoms. The van der Waals surface area contributed by atoms with Crippen molar-refractivity contribution in [2.24, 2.45) is 0 Å². The summed E-state index contributed by atoms with van der Waals surface area (Å²) in [6.07, 6.45) is 2.11. The lowest BCUT2D eigenvalue weighted by molar-refractivity contribution is -0.115. The Hall–Kier alpha value is -2.63. The predicted octanol–water partition coefficient (Wildman–Crippen LogP) is 1.65. The molecule has 4 rings (SSSR count). The van der Waals surface area contributed by atoms with Crippen LogP contribution in [0.25, 0.3) is 11.4 Å². The van der Waals surface area contributed by atoms with Gasteiger partial charge in [0.2, 0.25) is 5.91 Å². The minimum Gasteiger partial charge on any atom is -0.325 e. The number of hydrogen-bond acceptors (Lipinski definition) is 7. The van der Waals surface area contributed by atoms with Crippen molar-refractivity contribution in [3.8, 4) is 11.4 Å². The van der Waals surface area contributed by atoms with Crippen LogP contribution in [0.2, 0.25) is 0 Å². The summed E-state index contributed by atoms with van der Waals surface area (Å²) in [6.45, 7) is -0.357. The van der Waals surface area contributed by atoms with Crippen LogP contribution in [-0.4, -0.2) is 41.1 Å². The molecule has 0 unspecified atom stereocenters. The summed E-state index contributed by atoms with van der Waals surface area (Å²) in [5.74, 6) is 0.182. The largest absolute Gasteiger partial charge is 0.325 e. The quantitative estimate of drug-likeness (QED) is 0.618. The third-order valence-electron chi connectivity index (χ3n) is 3.97. The maximum absolute atomic E-state index is 12.1. The molecule has 1 aliphatic carbocycles. The number of anilines is 1. The fourth-order valence-electron chi connectivity index (χ4n) is 2.54. The first-order valence-corrected chi connectivity index (χ1v) is 10.6. The van der Waals surface area contributed by atoms with Crippen LogP contribution in [0, 0.1) is 0 Å². The zero-order valence-corrected chi connectivity index (χ0v) is 15.7. The smallest absolute Gasteiger partial charge is 0.250 e. The molecule has 0 atom stereocenters. The SMILES string of the molecule is O=C(CNS(=O)(=O)c1cccs1)Nc1cccc(-c2nnnn2C2CC2)c1. The molecule has 1 fully saturated rings. The van der Waals surface area contributed by atoms with Gasteiger partial charge in [-0.1, -0.05) is 18.2 Å². The Morgan fingerprint density at radius 1 is 1.26 bits per heavy atom. The van der Waals surface area contributed by atoms with Gasteiger partial charge in [-0.2, -0.15) is 0 Å². The molecule has 2 N–H and O–H groups in total. The molecule has 3 aromatic rings. The van der Waals surface area contributed by atoms with Gasteiger partial charge in [0.25, 0.3) is 10.0 Å². The van der Waals surface area contributed by atoms with Crippen molar-refractivity contribution < 1.29 is 13.2 Å². The second-order valence-electron chi connectivity index (χ2n) is 6.06. The molecule has 0 spiro atoms. The van der Waals surface area contributed by atoms with Crippen molar-refractivity contribution >= 4 is 33.0 Å². The molecule has 1 amide bonds. The molecule has 140 valence electrons. The Kier molecular flexibility index (Phi) is 4.72. The molecule has 27 heavy (non-hydrogen) atoms. The van der Waals surface area contributed by atoms with Crippen molar-refractivity contribution in [2.45, 2.75) is 23.1 Å². The van der Waals surface area contributed by atoms with Gasteiger partial charge in [0.1, 0.15) is 4.21 Å². The van der Waals surface area contributed by atoms with Gasteiger partial charge in [-0.25, -0.2) is 17.8 Å². The van der Waals surface area contributed by atoms with Gasteiger partial charge < -0.3 is 5.32 Å². The second-order valence-corrected chi connectivity index (χ2v) is 9.01. The maximum Gasteiger partial charge on any atom is 0.250 e. The maximum atomic E-state index is 12.1. The molecule has 2 aromatic heterocycles. The normalized spacial score (nSPS) is 14.2. The topological polar surface area (TPSA) is 119 Å². The van der Waals surface area contributed by atoms with Gasteiger partial charge in [-0.15, -0.1) is 16.4 Å². The Morgan fingerprint density at radius 3 is 2.85 bits per heavy atom. The van der Waals surface area contributed by atoms with Crippen LogP contribution < -0.4 is 10.0 Å². The van der Waals surface area contributed by atoms with E-state index in [2.05, 4.69) is 25.6 Å². The third-order valence-corrected chi connectivity index (χ3v) is 6.77. The summed E-state index contributed by atoms with van der Waals surface area (Å²) >= 11 is 1.09. The number of benzene rings is 1. The monoisotopic (exact) mass is 404 g/mol. The van der Waals surface area contributed by atoms with Crippen LogP contribution in [0.5, 0.6) is 0 Å². The number of amides is 1. The molecule has 1 saturated carbocycles. The van der Waals surface area contributed by atoms with Gasteiger partial charge in [-0.05, 0) is 46.8 Å². The molecule has 2 heterocycles. The van der Waals surface area contributed by atoms with Crippen LogP contribution in [0.4, 0.5) is 5.69 Å². The van der Waals surface area contributed by atoms with E-state index in [1.54, 1.807) is 34.3 Å². The van der Waals surface area contributed by atoms with Crippen LogP contribution in [0.3, 0.4) is 0 Å². The molecule has 9 nitrogen and oxygen atoms in total. The van der Waals surface area contributed by atoms with Gasteiger partial charge in [-0.3, -0.25) is 4.79 Å². The first-order chi connectivity index (χ1) is 13.0. The third kappa shape index (κ3) is 4.04. The second kappa shape index (κ2) is 7.18. The standard InChI is InChI=1S/C16H16N6O3S2/c23-14(10-17-27(24,25)15-5-2-8-26-15)18-12-4-1-3-11(9-12)16-19-20-21-22(16)13-6-7-13/h1-5,8-9,13,17H,6-7,10H2,(H,18,23). The lowest BCUT2D eigenvalue weighted by atomic mass is 10.2. The number of tetrazole rings is 1. The fourth-order valence-corrected chi connectivity index (χ4v) is 4.56. The Labute approximate surface area is 159 Å². The van der Waals surface area contributed by atoms with E-state index in [1.165, 1.54) is 6.07 Å². The van der Waals surface area contributed by atoms with Gasteiger partial charge in [0, 0.05) is 11.3 Å². The van der Waals surface area contributed by atoms with Crippen molar-refractivity contribution in [1.29, 1.82) is 0 Å². The Balaban J connectivity index is 1.42. The van der Waals surface area contributed by atoms with Crippen LogP contribution in [0.15, 0.2) is 46.0 Å². The number of thiophene rings is 1. The fraction of sp³-hybridized carbons (Fsp3) is 0.250. The average molecular weight is 404 g/mol. The van der Waals surface area contributed by atoms with E-state index >= 15 is 0 Å². The van der Waals surface area contributed by atoms with E-state index in [0.717, 1.165) is 29.7 Å². The van der Waals surface area contributed by atoms with Crippen molar-refractivity contribution in [3.05, 3.63) is 41.8 Å². The molecule has 1 aromatic carbocycles. The van der Waals surface area contributed by atoms with Gasteiger partial charge in [0.05, 0.1) is 12.6 Å². The van der Waals surface area contributed by atoms with Crippen LogP contribution >= 0.6 is 11.3 Å². The lowest BCUT2D eigenvalue weighted by Crippen LogP contribution is -2.32. The van der Waals surface area contributed by atoms with Crippen LogP contribution in [0.1, 0.15) is 18.9 Å². The minimum atomic E-state index is -3.68. The van der Waals surface area contributed by atoms with Gasteiger partial charge in [0.15, 0.2) is 5.82 Å². The number of aromatic nitrogens is 4. The first-order valence-electron chi connectivity index (χ1n) is 8.24. The zero-order valence-electron chi connectivity index (χ0n) is 14.1. The van der Waals surface area contributed by atoms with E-state index in [-0.39, 0.29) is 10.8 Å². The highest BCUT2D eigenvalue weighted by Crippen LogP contribution is 2.36. The lowest BCUT2D eigenvalue weighted by Gasteiger charge is -2.08. The number of hydrogen-bond donors (Lipinski definition) is 2. The van der Waals surface area contributed by atoms with Crippen molar-refractivity contribution in [2.75, 3.05) is 11.9 Å². The molecule has 0 saturated heterocycles. The molecule has 0 radical (unpaired) electrons. The van der Waals surface area contributed by atoms with E-state index < -0.39 is 15.9 Å². The minimum absolute atomic E-state index is 0.171. The number of carbonyl (C=O) groups excluding carboxylic acids is 1. The van der Waals surface area contributed by atoms with E-state index in [1.807, 2.05) is 6.07 Å². The number of sulfonamides is 1. The highest BCUT2D eigenvalue weighted by molar-refractivity contribution is 7.91. The van der Waals surface area contributed by atoms with Crippen molar-refractivity contribution in [1.82, 2.24) is 24.9 Å². The summed E-state index contributed by atoms with van der Waals surface area (Å²) in [6, 6.07) is 10.6. The Morgan fingerprint density at radius 2 is 2.11 bits per heavy atom. The van der Waals surface area contributed by atoms with Gasteiger partial charge >= 0.3 is 0 Å².